The van der Waals surface area contributed by atoms with Crippen LogP contribution >= 0.6 is 31.9 Å². The van der Waals surface area contributed by atoms with Crippen LogP contribution in [0.2, 0.25) is 0 Å². The summed E-state index contributed by atoms with van der Waals surface area (Å²) in [5, 5.41) is 3.32. The van der Waals surface area contributed by atoms with Gasteiger partial charge < -0.3 is 10.1 Å². The summed E-state index contributed by atoms with van der Waals surface area (Å²) in [5.41, 5.74) is 2.82. The molecule has 0 aliphatic heterocycles. The molecule has 21 heavy (non-hydrogen) atoms. The van der Waals surface area contributed by atoms with Crippen molar-refractivity contribution in [3.8, 4) is 5.75 Å². The first-order valence-corrected chi connectivity index (χ1v) is 8.20. The number of halogens is 3. The van der Waals surface area contributed by atoms with Crippen molar-refractivity contribution in [3.63, 3.8) is 0 Å². The third-order valence-corrected chi connectivity index (χ3v) is 4.08. The second-order valence-electron chi connectivity index (χ2n) is 4.62. The predicted molar refractivity (Wildman–Crippen MR) is 91.5 cm³/mol. The first kappa shape index (κ1) is 16.3. The van der Waals surface area contributed by atoms with Crippen molar-refractivity contribution in [1.82, 2.24) is 0 Å². The fourth-order valence-corrected chi connectivity index (χ4v) is 3.49. The van der Waals surface area contributed by atoms with Crippen LogP contribution in [0.1, 0.15) is 18.1 Å². The van der Waals surface area contributed by atoms with E-state index in [9.17, 15) is 4.39 Å². The maximum Gasteiger partial charge on any atom is 0.138 e. The van der Waals surface area contributed by atoms with Gasteiger partial charge in [-0.15, -0.1) is 0 Å². The van der Waals surface area contributed by atoms with E-state index in [2.05, 4.69) is 37.2 Å². The Bertz CT molecular complexity index is 646. The Morgan fingerprint density at radius 1 is 1.19 bits per heavy atom. The topological polar surface area (TPSA) is 21.3 Å². The molecule has 0 saturated heterocycles. The third kappa shape index (κ3) is 4.20. The lowest BCUT2D eigenvalue weighted by Crippen LogP contribution is -2.05. The summed E-state index contributed by atoms with van der Waals surface area (Å²) in [6, 6.07) is 8.69. The summed E-state index contributed by atoms with van der Waals surface area (Å²) >= 11 is 7.00. The Morgan fingerprint density at radius 2 is 1.95 bits per heavy atom. The lowest BCUT2D eigenvalue weighted by molar-refractivity contribution is 0.334. The number of rotatable bonds is 5. The molecular formula is C16H16Br2FNO. The highest BCUT2D eigenvalue weighted by molar-refractivity contribution is 9.11. The lowest BCUT2D eigenvalue weighted by atomic mass is 10.1. The molecule has 0 bridgehead atoms. The number of anilines is 1. The van der Waals surface area contributed by atoms with Gasteiger partial charge in [-0.05, 0) is 65.7 Å². The van der Waals surface area contributed by atoms with Gasteiger partial charge in [0.15, 0.2) is 0 Å². The van der Waals surface area contributed by atoms with Crippen LogP contribution in [0.25, 0.3) is 0 Å². The van der Waals surface area contributed by atoms with Gasteiger partial charge in [0.25, 0.3) is 0 Å². The molecule has 0 aliphatic carbocycles. The number of hydrogen-bond acceptors (Lipinski definition) is 2. The van der Waals surface area contributed by atoms with Crippen molar-refractivity contribution in [2.45, 2.75) is 20.4 Å². The Balaban J connectivity index is 2.22. The van der Waals surface area contributed by atoms with Gasteiger partial charge in [0.05, 0.1) is 11.1 Å². The molecule has 2 rings (SSSR count). The molecule has 0 fully saturated rings. The van der Waals surface area contributed by atoms with E-state index in [4.69, 9.17) is 4.74 Å². The Kier molecular flexibility index (Phi) is 5.65. The van der Waals surface area contributed by atoms with Crippen molar-refractivity contribution >= 4 is 37.5 Å². The van der Waals surface area contributed by atoms with E-state index >= 15 is 0 Å². The molecule has 0 aliphatic rings. The van der Waals surface area contributed by atoms with Crippen LogP contribution < -0.4 is 10.1 Å². The van der Waals surface area contributed by atoms with E-state index in [1.54, 1.807) is 6.07 Å². The van der Waals surface area contributed by atoms with Gasteiger partial charge in [0.1, 0.15) is 11.6 Å². The summed E-state index contributed by atoms with van der Waals surface area (Å²) in [5.74, 6) is 0.603. The number of nitrogens with one attached hydrogen (secondary N) is 1. The molecule has 0 amide bonds. The highest BCUT2D eigenvalue weighted by Crippen LogP contribution is 2.33. The first-order valence-electron chi connectivity index (χ1n) is 6.62. The number of ether oxygens (including phenoxy) is 1. The van der Waals surface area contributed by atoms with E-state index < -0.39 is 0 Å². The van der Waals surface area contributed by atoms with Crippen LogP contribution in [0.5, 0.6) is 5.75 Å². The predicted octanol–water partition coefficient (Wildman–Crippen LogP) is 5.67. The van der Waals surface area contributed by atoms with Crippen molar-refractivity contribution in [1.29, 1.82) is 0 Å². The normalized spacial score (nSPS) is 10.5. The molecule has 0 aromatic heterocycles. The molecule has 2 aromatic rings. The zero-order valence-electron chi connectivity index (χ0n) is 11.8. The maximum atomic E-state index is 13.1. The summed E-state index contributed by atoms with van der Waals surface area (Å²) in [4.78, 5) is 0. The van der Waals surface area contributed by atoms with Crippen LogP contribution in [-0.4, -0.2) is 6.61 Å². The molecule has 0 atom stereocenters. The molecule has 0 heterocycles. The third-order valence-electron chi connectivity index (χ3n) is 3.03. The number of hydrogen-bond donors (Lipinski definition) is 1. The first-order chi connectivity index (χ1) is 10.0. The molecule has 112 valence electrons. The molecule has 5 heteroatoms. The minimum atomic E-state index is -0.224. The van der Waals surface area contributed by atoms with E-state index in [0.29, 0.717) is 13.2 Å². The monoisotopic (exact) mass is 415 g/mol. The van der Waals surface area contributed by atoms with Crippen molar-refractivity contribution in [3.05, 3.63) is 56.2 Å². The van der Waals surface area contributed by atoms with E-state index in [-0.39, 0.29) is 5.82 Å². The Labute approximate surface area is 141 Å². The van der Waals surface area contributed by atoms with Crippen LogP contribution in [0.15, 0.2) is 39.3 Å². The number of benzene rings is 2. The van der Waals surface area contributed by atoms with E-state index in [1.807, 2.05) is 26.0 Å². The summed E-state index contributed by atoms with van der Waals surface area (Å²) in [6.45, 7) is 5.03. The summed E-state index contributed by atoms with van der Waals surface area (Å²) in [6.07, 6.45) is 0. The molecule has 0 saturated carbocycles. The summed E-state index contributed by atoms with van der Waals surface area (Å²) < 4.78 is 20.7. The van der Waals surface area contributed by atoms with Gasteiger partial charge in [-0.2, -0.15) is 0 Å². The second-order valence-corrected chi connectivity index (χ2v) is 6.39. The van der Waals surface area contributed by atoms with Crippen LogP contribution in [0, 0.1) is 12.7 Å². The zero-order valence-corrected chi connectivity index (χ0v) is 15.0. The highest BCUT2D eigenvalue weighted by Gasteiger charge is 2.10. The fraction of sp³-hybridized carbons (Fsp3) is 0.250. The van der Waals surface area contributed by atoms with Gasteiger partial charge in [0.2, 0.25) is 0 Å². The minimum Gasteiger partial charge on any atom is -0.492 e. The zero-order chi connectivity index (χ0) is 15.4. The maximum absolute atomic E-state index is 13.1. The van der Waals surface area contributed by atoms with Gasteiger partial charge in [-0.1, -0.05) is 15.9 Å². The quantitative estimate of drug-likeness (QED) is 0.677. The van der Waals surface area contributed by atoms with Crippen molar-refractivity contribution in [2.75, 3.05) is 11.9 Å². The molecule has 2 nitrogen and oxygen atoms in total. The SMILES string of the molecule is CCOc1c(Br)cc(Br)cc1CNc1ccc(F)cc1C. The minimum absolute atomic E-state index is 0.224. The molecular weight excluding hydrogens is 401 g/mol. The van der Waals surface area contributed by atoms with Gasteiger partial charge in [-0.3, -0.25) is 0 Å². The highest BCUT2D eigenvalue weighted by atomic mass is 79.9. The Hall–Kier alpha value is -1.07. The van der Waals surface area contributed by atoms with Gasteiger partial charge in [0, 0.05) is 22.3 Å². The average molecular weight is 417 g/mol. The van der Waals surface area contributed by atoms with Gasteiger partial charge in [-0.25, -0.2) is 4.39 Å². The van der Waals surface area contributed by atoms with Gasteiger partial charge >= 0.3 is 0 Å². The van der Waals surface area contributed by atoms with Crippen LogP contribution in [0.3, 0.4) is 0 Å². The van der Waals surface area contributed by atoms with E-state index in [1.165, 1.54) is 12.1 Å². The molecule has 1 N–H and O–H groups in total. The number of aryl methyl sites for hydroxylation is 1. The largest absolute Gasteiger partial charge is 0.492 e. The molecule has 0 radical (unpaired) electrons. The van der Waals surface area contributed by atoms with Crippen molar-refractivity contribution < 1.29 is 9.13 Å². The molecule has 2 aromatic carbocycles. The lowest BCUT2D eigenvalue weighted by Gasteiger charge is -2.15. The van der Waals surface area contributed by atoms with Crippen LogP contribution in [-0.2, 0) is 6.54 Å². The average Bonchev–Trinajstić information content (AvgIpc) is 2.41. The fourth-order valence-electron chi connectivity index (χ4n) is 2.07. The van der Waals surface area contributed by atoms with E-state index in [0.717, 1.165) is 31.5 Å². The molecule has 0 unspecified atom stereocenters. The Morgan fingerprint density at radius 3 is 2.62 bits per heavy atom. The van der Waals surface area contributed by atoms with Crippen molar-refractivity contribution in [2.24, 2.45) is 0 Å². The second kappa shape index (κ2) is 7.27. The standard InChI is InChI=1S/C16H16Br2FNO/c1-3-21-16-11(7-12(17)8-14(16)18)9-20-15-5-4-13(19)6-10(15)2/h4-8,20H,3,9H2,1-2H3. The van der Waals surface area contributed by atoms with Crippen LogP contribution in [0.4, 0.5) is 10.1 Å². The summed E-state index contributed by atoms with van der Waals surface area (Å²) in [7, 11) is 0. The molecule has 0 spiro atoms. The smallest absolute Gasteiger partial charge is 0.138 e.